The normalized spacial score (nSPS) is 10.3. The molecule has 1 N–H and O–H groups in total. The van der Waals surface area contributed by atoms with Gasteiger partial charge in [-0.15, -0.1) is 0 Å². The molecule has 3 aromatic carbocycles. The van der Waals surface area contributed by atoms with E-state index in [1.165, 1.54) is 0 Å². The van der Waals surface area contributed by atoms with Crippen LogP contribution in [0.4, 0.5) is 5.69 Å². The van der Waals surface area contributed by atoms with Gasteiger partial charge >= 0.3 is 0 Å². The largest absolute Gasteiger partial charge is 0.497 e. The summed E-state index contributed by atoms with van der Waals surface area (Å²) in [6, 6.07) is 24.0. The van der Waals surface area contributed by atoms with Gasteiger partial charge in [-0.3, -0.25) is 0 Å². The van der Waals surface area contributed by atoms with Crippen molar-refractivity contribution in [1.82, 2.24) is 4.90 Å². The predicted molar refractivity (Wildman–Crippen MR) is 134 cm³/mol. The van der Waals surface area contributed by atoms with Crippen LogP contribution >= 0.6 is 12.2 Å². The van der Waals surface area contributed by atoms with Crippen molar-refractivity contribution in [2.45, 2.75) is 26.9 Å². The Hall–Kier alpha value is -3.25. The lowest BCUT2D eigenvalue weighted by Gasteiger charge is -2.27. The number of methoxy groups -OCH3 is 1. The second kappa shape index (κ2) is 12.0. The third-order valence-corrected chi connectivity index (χ3v) is 5.22. The van der Waals surface area contributed by atoms with Crippen molar-refractivity contribution < 1.29 is 14.2 Å². The number of benzene rings is 3. The zero-order valence-corrected chi connectivity index (χ0v) is 19.7. The van der Waals surface area contributed by atoms with E-state index < -0.39 is 0 Å². The van der Waals surface area contributed by atoms with Crippen molar-refractivity contribution in [3.05, 3.63) is 83.9 Å². The van der Waals surface area contributed by atoms with Gasteiger partial charge in [-0.05, 0) is 73.6 Å². The molecule has 6 heteroatoms. The van der Waals surface area contributed by atoms with Crippen LogP contribution in [0.25, 0.3) is 0 Å². The lowest BCUT2D eigenvalue weighted by Crippen LogP contribution is -2.34. The van der Waals surface area contributed by atoms with Gasteiger partial charge in [0.2, 0.25) is 0 Å². The van der Waals surface area contributed by atoms with Gasteiger partial charge in [-0.1, -0.05) is 36.4 Å². The van der Waals surface area contributed by atoms with E-state index in [1.54, 1.807) is 7.11 Å². The van der Waals surface area contributed by atoms with Crippen LogP contribution in [0.1, 0.15) is 25.0 Å². The smallest absolute Gasteiger partial charge is 0.174 e. The number of rotatable bonds is 10. The van der Waals surface area contributed by atoms with Crippen molar-refractivity contribution in [3.8, 4) is 17.2 Å². The van der Waals surface area contributed by atoms with E-state index in [2.05, 4.69) is 34.5 Å². The zero-order valence-electron chi connectivity index (χ0n) is 18.8. The van der Waals surface area contributed by atoms with Gasteiger partial charge in [-0.25, -0.2) is 0 Å². The maximum absolute atomic E-state index is 5.83. The summed E-state index contributed by atoms with van der Waals surface area (Å²) in [5.74, 6) is 2.48. The van der Waals surface area contributed by atoms with Crippen molar-refractivity contribution in [3.63, 3.8) is 0 Å². The molecule has 168 valence electrons. The fraction of sp³-hybridized carbons (Fsp3) is 0.269. The minimum Gasteiger partial charge on any atom is -0.497 e. The van der Waals surface area contributed by atoms with Crippen LogP contribution in [0.5, 0.6) is 17.2 Å². The molecule has 0 spiro atoms. The lowest BCUT2D eigenvalue weighted by atomic mass is 10.1. The number of nitrogens with one attached hydrogen (secondary N) is 1. The topological polar surface area (TPSA) is 43.0 Å². The molecular formula is C26H30N2O3S. The standard InChI is InChI=1S/C26H30N2O3S/c1-4-30-23-16-12-21(13-17-23)19-28(18-20-10-14-22(29-3)15-11-20)26(32)27-24-8-6-7-9-25(24)31-5-2/h6-17H,4-5,18-19H2,1-3H3,(H,27,32). The monoisotopic (exact) mass is 450 g/mol. The first-order valence-corrected chi connectivity index (χ1v) is 11.2. The first kappa shape index (κ1) is 23.4. The number of ether oxygens (including phenoxy) is 3. The van der Waals surface area contributed by atoms with Gasteiger partial charge in [0.15, 0.2) is 5.11 Å². The first-order chi connectivity index (χ1) is 15.6. The third-order valence-electron chi connectivity index (χ3n) is 4.86. The van der Waals surface area contributed by atoms with Crippen molar-refractivity contribution in [2.24, 2.45) is 0 Å². The number of anilines is 1. The Labute approximate surface area is 195 Å². The first-order valence-electron chi connectivity index (χ1n) is 10.7. The van der Waals surface area contributed by atoms with E-state index in [4.69, 9.17) is 26.4 Å². The average Bonchev–Trinajstić information content (AvgIpc) is 2.82. The summed E-state index contributed by atoms with van der Waals surface area (Å²) in [6.07, 6.45) is 0. The number of para-hydroxylation sites is 2. The second-order valence-corrected chi connectivity index (χ2v) is 7.53. The highest BCUT2D eigenvalue weighted by atomic mass is 32.1. The summed E-state index contributed by atoms with van der Waals surface area (Å²) in [5.41, 5.74) is 3.13. The molecule has 0 heterocycles. The van der Waals surface area contributed by atoms with Crippen molar-refractivity contribution in [1.29, 1.82) is 0 Å². The summed E-state index contributed by atoms with van der Waals surface area (Å²) in [4.78, 5) is 2.13. The van der Waals surface area contributed by atoms with E-state index in [1.807, 2.05) is 62.4 Å². The Balaban J connectivity index is 1.80. The van der Waals surface area contributed by atoms with E-state index >= 15 is 0 Å². The maximum atomic E-state index is 5.83. The van der Waals surface area contributed by atoms with Crippen molar-refractivity contribution in [2.75, 3.05) is 25.6 Å². The molecule has 0 saturated carbocycles. The maximum Gasteiger partial charge on any atom is 0.174 e. The molecule has 3 rings (SSSR count). The number of thiocarbonyl (C=S) groups is 1. The summed E-state index contributed by atoms with van der Waals surface area (Å²) in [5, 5.41) is 4.00. The summed E-state index contributed by atoms with van der Waals surface area (Å²) in [6.45, 7) is 6.50. The highest BCUT2D eigenvalue weighted by Crippen LogP contribution is 2.25. The molecule has 0 atom stereocenters. The van der Waals surface area contributed by atoms with E-state index in [9.17, 15) is 0 Å². The molecule has 0 unspecified atom stereocenters. The van der Waals surface area contributed by atoms with Gasteiger partial charge in [0.25, 0.3) is 0 Å². The fourth-order valence-corrected chi connectivity index (χ4v) is 3.51. The van der Waals surface area contributed by atoms with Gasteiger partial charge in [0, 0.05) is 13.1 Å². The molecule has 5 nitrogen and oxygen atoms in total. The summed E-state index contributed by atoms with van der Waals surface area (Å²) >= 11 is 5.83. The Morgan fingerprint density at radius 2 is 1.34 bits per heavy atom. The van der Waals surface area contributed by atoms with Crippen LogP contribution in [0, 0.1) is 0 Å². The molecule has 0 saturated heterocycles. The average molecular weight is 451 g/mol. The van der Waals surface area contributed by atoms with Crippen LogP contribution in [-0.4, -0.2) is 30.3 Å². The van der Waals surface area contributed by atoms with Gasteiger partial charge in [-0.2, -0.15) is 0 Å². The van der Waals surface area contributed by atoms with Crippen molar-refractivity contribution >= 4 is 23.0 Å². The fourth-order valence-electron chi connectivity index (χ4n) is 3.27. The Bertz CT molecular complexity index is 991. The molecule has 0 radical (unpaired) electrons. The molecular weight excluding hydrogens is 420 g/mol. The highest BCUT2D eigenvalue weighted by Gasteiger charge is 2.14. The van der Waals surface area contributed by atoms with Crippen LogP contribution < -0.4 is 19.5 Å². The third kappa shape index (κ3) is 6.62. The van der Waals surface area contributed by atoms with Crippen LogP contribution in [0.3, 0.4) is 0 Å². The second-order valence-electron chi connectivity index (χ2n) is 7.14. The predicted octanol–water partition coefficient (Wildman–Crippen LogP) is 5.89. The minimum absolute atomic E-state index is 0.590. The summed E-state index contributed by atoms with van der Waals surface area (Å²) < 4.78 is 16.6. The molecule has 0 bridgehead atoms. The van der Waals surface area contributed by atoms with Gasteiger partial charge in [0.05, 0.1) is 26.0 Å². The molecule has 0 aliphatic carbocycles. The minimum atomic E-state index is 0.590. The summed E-state index contributed by atoms with van der Waals surface area (Å²) in [7, 11) is 1.67. The quantitative estimate of drug-likeness (QED) is 0.389. The molecule has 32 heavy (non-hydrogen) atoms. The molecule has 3 aromatic rings. The molecule has 0 amide bonds. The van der Waals surface area contributed by atoms with Crippen LogP contribution in [-0.2, 0) is 13.1 Å². The SMILES string of the molecule is CCOc1ccc(CN(Cc2ccc(OC)cc2)C(=S)Nc2ccccc2OCC)cc1. The molecule has 0 aromatic heterocycles. The number of hydrogen-bond acceptors (Lipinski definition) is 4. The Morgan fingerprint density at radius 3 is 1.91 bits per heavy atom. The molecule has 0 aliphatic rings. The lowest BCUT2D eigenvalue weighted by molar-refractivity contribution is 0.339. The molecule has 0 fully saturated rings. The zero-order chi connectivity index (χ0) is 22.8. The Morgan fingerprint density at radius 1 is 0.781 bits per heavy atom. The van der Waals surface area contributed by atoms with Crippen LogP contribution in [0.2, 0.25) is 0 Å². The molecule has 0 aliphatic heterocycles. The Kier molecular flexibility index (Phi) is 8.75. The van der Waals surface area contributed by atoms with E-state index in [0.717, 1.165) is 34.1 Å². The van der Waals surface area contributed by atoms with E-state index in [0.29, 0.717) is 31.4 Å². The van der Waals surface area contributed by atoms with Crippen LogP contribution in [0.15, 0.2) is 72.8 Å². The van der Waals surface area contributed by atoms with E-state index in [-0.39, 0.29) is 0 Å². The van der Waals surface area contributed by atoms with Gasteiger partial charge < -0.3 is 24.4 Å². The van der Waals surface area contributed by atoms with Gasteiger partial charge in [0.1, 0.15) is 17.2 Å². The number of hydrogen-bond donors (Lipinski definition) is 1. The highest BCUT2D eigenvalue weighted by molar-refractivity contribution is 7.80. The number of nitrogens with zero attached hydrogens (tertiary/aromatic N) is 1.